The molecule has 3 rings (SSSR count). The van der Waals surface area contributed by atoms with Crippen molar-refractivity contribution in [3.63, 3.8) is 0 Å². The van der Waals surface area contributed by atoms with Gasteiger partial charge in [-0.2, -0.15) is 0 Å². The third kappa shape index (κ3) is 3.06. The number of H-pyrrole nitrogens is 1. The Morgan fingerprint density at radius 3 is 2.86 bits per heavy atom. The van der Waals surface area contributed by atoms with E-state index < -0.39 is 5.97 Å². The standard InChI is InChI=1S/C18H14FNO2/c19-16-4-2-13(14(11-16)3-6-18(21)22)9-12-1-5-17-15(10-12)7-8-20-17/h1-8,10-11,20H,9H2,(H,21,22). The molecule has 1 aromatic heterocycles. The summed E-state index contributed by atoms with van der Waals surface area (Å²) in [5.41, 5.74) is 3.61. The van der Waals surface area contributed by atoms with Crippen LogP contribution in [0.1, 0.15) is 16.7 Å². The fraction of sp³-hybridized carbons (Fsp3) is 0.0556. The number of aromatic nitrogens is 1. The minimum Gasteiger partial charge on any atom is -0.478 e. The summed E-state index contributed by atoms with van der Waals surface area (Å²) in [6.07, 6.45) is 4.94. The summed E-state index contributed by atoms with van der Waals surface area (Å²) in [4.78, 5) is 13.8. The lowest BCUT2D eigenvalue weighted by atomic mass is 9.98. The molecular weight excluding hydrogens is 281 g/mol. The maximum absolute atomic E-state index is 13.4. The van der Waals surface area contributed by atoms with Crippen molar-refractivity contribution >= 4 is 22.9 Å². The normalized spacial score (nSPS) is 11.3. The van der Waals surface area contributed by atoms with Gasteiger partial charge in [0.2, 0.25) is 0 Å². The molecular formula is C18H14FNO2. The first-order chi connectivity index (χ1) is 10.6. The van der Waals surface area contributed by atoms with Gasteiger partial charge in [-0.3, -0.25) is 0 Å². The zero-order valence-electron chi connectivity index (χ0n) is 11.7. The second-order valence-corrected chi connectivity index (χ2v) is 5.09. The SMILES string of the molecule is O=C(O)C=Cc1cc(F)ccc1Cc1ccc2[nH]ccc2c1. The van der Waals surface area contributed by atoms with Crippen LogP contribution in [0.15, 0.2) is 54.7 Å². The minimum absolute atomic E-state index is 0.380. The van der Waals surface area contributed by atoms with Crippen LogP contribution in [-0.4, -0.2) is 16.1 Å². The molecule has 0 aliphatic heterocycles. The molecule has 0 spiro atoms. The monoisotopic (exact) mass is 295 g/mol. The van der Waals surface area contributed by atoms with Crippen LogP contribution < -0.4 is 0 Å². The van der Waals surface area contributed by atoms with Gasteiger partial charge in [-0.25, -0.2) is 9.18 Å². The molecule has 2 aromatic carbocycles. The average molecular weight is 295 g/mol. The molecule has 0 radical (unpaired) electrons. The van der Waals surface area contributed by atoms with Gasteiger partial charge in [0.05, 0.1) is 0 Å². The molecule has 1 heterocycles. The van der Waals surface area contributed by atoms with Crippen molar-refractivity contribution in [2.75, 3.05) is 0 Å². The molecule has 0 bridgehead atoms. The van der Waals surface area contributed by atoms with Crippen molar-refractivity contribution in [2.45, 2.75) is 6.42 Å². The van der Waals surface area contributed by atoms with Gasteiger partial charge in [-0.1, -0.05) is 12.1 Å². The Balaban J connectivity index is 1.95. The summed E-state index contributed by atoms with van der Waals surface area (Å²) in [6, 6.07) is 12.5. The topological polar surface area (TPSA) is 53.1 Å². The molecule has 0 saturated carbocycles. The average Bonchev–Trinajstić information content (AvgIpc) is 2.95. The van der Waals surface area contributed by atoms with Crippen LogP contribution in [0.25, 0.3) is 17.0 Å². The number of aromatic amines is 1. The number of hydrogen-bond donors (Lipinski definition) is 2. The molecule has 2 N–H and O–H groups in total. The van der Waals surface area contributed by atoms with Crippen molar-refractivity contribution in [1.82, 2.24) is 4.98 Å². The second-order valence-electron chi connectivity index (χ2n) is 5.09. The largest absolute Gasteiger partial charge is 0.478 e. The quantitative estimate of drug-likeness (QED) is 0.715. The summed E-state index contributed by atoms with van der Waals surface area (Å²) in [7, 11) is 0. The fourth-order valence-corrected chi connectivity index (χ4v) is 2.48. The highest BCUT2D eigenvalue weighted by atomic mass is 19.1. The first-order valence-electron chi connectivity index (χ1n) is 6.87. The Morgan fingerprint density at radius 1 is 1.18 bits per heavy atom. The number of carboxylic acid groups (broad SMARTS) is 1. The van der Waals surface area contributed by atoms with Crippen molar-refractivity contribution < 1.29 is 14.3 Å². The van der Waals surface area contributed by atoms with Crippen LogP contribution >= 0.6 is 0 Å². The molecule has 22 heavy (non-hydrogen) atoms. The van der Waals surface area contributed by atoms with Crippen molar-refractivity contribution in [3.05, 3.63) is 77.2 Å². The molecule has 0 fully saturated rings. The Hall–Kier alpha value is -2.88. The van der Waals surface area contributed by atoms with Crippen LogP contribution in [0, 0.1) is 5.82 Å². The number of fused-ring (bicyclic) bond motifs is 1. The molecule has 3 nitrogen and oxygen atoms in total. The molecule has 0 unspecified atom stereocenters. The highest BCUT2D eigenvalue weighted by Gasteiger charge is 2.05. The van der Waals surface area contributed by atoms with E-state index in [-0.39, 0.29) is 5.82 Å². The smallest absolute Gasteiger partial charge is 0.328 e. The third-order valence-corrected chi connectivity index (χ3v) is 3.53. The summed E-state index contributed by atoms with van der Waals surface area (Å²) in [5.74, 6) is -1.43. The Morgan fingerprint density at radius 2 is 2.05 bits per heavy atom. The van der Waals surface area contributed by atoms with E-state index >= 15 is 0 Å². The number of halogens is 1. The molecule has 0 aliphatic carbocycles. The second kappa shape index (κ2) is 5.85. The van der Waals surface area contributed by atoms with Gasteiger partial charge in [0.1, 0.15) is 5.82 Å². The van der Waals surface area contributed by atoms with E-state index in [0.29, 0.717) is 12.0 Å². The van der Waals surface area contributed by atoms with Gasteiger partial charge in [-0.05, 0) is 64.9 Å². The van der Waals surface area contributed by atoms with Crippen molar-refractivity contribution in [3.8, 4) is 0 Å². The Labute approximate surface area is 126 Å². The van der Waals surface area contributed by atoms with E-state index in [0.717, 1.165) is 28.1 Å². The molecule has 110 valence electrons. The Bertz CT molecular complexity index is 864. The summed E-state index contributed by atoms with van der Waals surface area (Å²) in [6.45, 7) is 0. The Kier molecular flexibility index (Phi) is 3.74. The van der Waals surface area contributed by atoms with Crippen molar-refractivity contribution in [2.24, 2.45) is 0 Å². The minimum atomic E-state index is -1.05. The van der Waals surface area contributed by atoms with Crippen molar-refractivity contribution in [1.29, 1.82) is 0 Å². The first kappa shape index (κ1) is 14.1. The van der Waals surface area contributed by atoms with Gasteiger partial charge in [0.15, 0.2) is 0 Å². The molecule has 0 atom stereocenters. The van der Waals surface area contributed by atoms with Crippen LogP contribution in [-0.2, 0) is 11.2 Å². The number of carbonyl (C=O) groups is 1. The highest BCUT2D eigenvalue weighted by molar-refractivity contribution is 5.85. The maximum Gasteiger partial charge on any atom is 0.328 e. The number of rotatable bonds is 4. The predicted molar refractivity (Wildman–Crippen MR) is 84.2 cm³/mol. The van der Waals surface area contributed by atoms with Crippen LogP contribution in [0.3, 0.4) is 0 Å². The number of nitrogens with one attached hydrogen (secondary N) is 1. The van der Waals surface area contributed by atoms with E-state index in [1.165, 1.54) is 18.2 Å². The predicted octanol–water partition coefficient (Wildman–Crippen LogP) is 4.00. The lowest BCUT2D eigenvalue weighted by Gasteiger charge is -2.07. The lowest BCUT2D eigenvalue weighted by Crippen LogP contribution is -1.94. The zero-order valence-corrected chi connectivity index (χ0v) is 11.7. The van der Waals surface area contributed by atoms with Crippen LogP contribution in [0.4, 0.5) is 4.39 Å². The molecule has 3 aromatic rings. The molecule has 0 amide bonds. The molecule has 4 heteroatoms. The van der Waals surface area contributed by atoms with Gasteiger partial charge in [-0.15, -0.1) is 0 Å². The maximum atomic E-state index is 13.4. The number of carboxylic acids is 1. The summed E-state index contributed by atoms with van der Waals surface area (Å²) in [5, 5.41) is 9.85. The first-order valence-corrected chi connectivity index (χ1v) is 6.87. The van der Waals surface area contributed by atoms with Crippen LogP contribution in [0.2, 0.25) is 0 Å². The summed E-state index contributed by atoms with van der Waals surface area (Å²) >= 11 is 0. The van der Waals surface area contributed by atoms with E-state index in [1.807, 2.05) is 24.4 Å². The number of aliphatic carboxylic acids is 1. The summed E-state index contributed by atoms with van der Waals surface area (Å²) < 4.78 is 13.4. The van der Waals surface area contributed by atoms with Gasteiger partial charge < -0.3 is 10.1 Å². The van der Waals surface area contributed by atoms with E-state index in [9.17, 15) is 9.18 Å². The van der Waals surface area contributed by atoms with Gasteiger partial charge >= 0.3 is 5.97 Å². The lowest BCUT2D eigenvalue weighted by molar-refractivity contribution is -0.131. The fourth-order valence-electron chi connectivity index (χ4n) is 2.48. The zero-order chi connectivity index (χ0) is 15.5. The van der Waals surface area contributed by atoms with E-state index in [2.05, 4.69) is 11.1 Å². The third-order valence-electron chi connectivity index (χ3n) is 3.53. The molecule has 0 saturated heterocycles. The number of benzene rings is 2. The van der Waals surface area contributed by atoms with E-state index in [1.54, 1.807) is 6.07 Å². The van der Waals surface area contributed by atoms with E-state index in [4.69, 9.17) is 5.11 Å². The van der Waals surface area contributed by atoms with Gasteiger partial charge in [0, 0.05) is 17.8 Å². The van der Waals surface area contributed by atoms with Gasteiger partial charge in [0.25, 0.3) is 0 Å². The van der Waals surface area contributed by atoms with Crippen LogP contribution in [0.5, 0.6) is 0 Å². The highest BCUT2D eigenvalue weighted by Crippen LogP contribution is 2.20. The molecule has 0 aliphatic rings. The number of hydrogen-bond acceptors (Lipinski definition) is 1.